The number of unbranched alkanes of at least 4 members (excludes halogenated alkanes) is 1. The normalized spacial score (nSPS) is 26.6. The molecule has 0 spiro atoms. The lowest BCUT2D eigenvalue weighted by atomic mass is 9.62. The summed E-state index contributed by atoms with van der Waals surface area (Å²) in [5, 5.41) is 0. The van der Waals surface area contributed by atoms with Gasteiger partial charge in [-0.2, -0.15) is 9.78 Å². The van der Waals surface area contributed by atoms with E-state index in [1.165, 1.54) is 19.3 Å². The molecule has 4 nitrogen and oxygen atoms in total. The highest BCUT2D eigenvalue weighted by atomic mass is 17.3. The summed E-state index contributed by atoms with van der Waals surface area (Å²) in [6.45, 7) is 20.8. The van der Waals surface area contributed by atoms with Crippen molar-refractivity contribution in [3.05, 3.63) is 0 Å². The molecule has 1 aliphatic rings. The molecular formula is C21H42O4. The molecule has 25 heavy (non-hydrogen) atoms. The topological polar surface area (TPSA) is 36.9 Å². The average Bonchev–Trinajstić information content (AvgIpc) is 2.41. The SMILES string of the molecule is CCCCC1CC(C)C(OOC(C)(C)C)(OOC(C)(C)C)C(C)(C)C1. The van der Waals surface area contributed by atoms with Crippen LogP contribution in [0.4, 0.5) is 0 Å². The van der Waals surface area contributed by atoms with Gasteiger partial charge in [-0.15, -0.1) is 0 Å². The third kappa shape index (κ3) is 6.50. The van der Waals surface area contributed by atoms with Gasteiger partial charge in [-0.3, -0.25) is 0 Å². The van der Waals surface area contributed by atoms with E-state index in [2.05, 4.69) is 27.7 Å². The minimum absolute atomic E-state index is 0.169. The molecule has 0 aromatic rings. The molecule has 0 bridgehead atoms. The summed E-state index contributed by atoms with van der Waals surface area (Å²) in [5.41, 5.74) is -1.04. The van der Waals surface area contributed by atoms with Crippen molar-refractivity contribution in [3.63, 3.8) is 0 Å². The summed E-state index contributed by atoms with van der Waals surface area (Å²) in [7, 11) is 0. The molecule has 150 valence electrons. The molecule has 4 heteroatoms. The van der Waals surface area contributed by atoms with Crippen molar-refractivity contribution < 1.29 is 19.6 Å². The van der Waals surface area contributed by atoms with Crippen LogP contribution in [0.25, 0.3) is 0 Å². The molecule has 1 aliphatic carbocycles. The summed E-state index contributed by atoms with van der Waals surface area (Å²) in [4.78, 5) is 23.6. The summed E-state index contributed by atoms with van der Waals surface area (Å²) in [5.74, 6) is -0.0617. The molecule has 1 rings (SSSR count). The molecule has 2 unspecified atom stereocenters. The van der Waals surface area contributed by atoms with Crippen LogP contribution in [0.15, 0.2) is 0 Å². The smallest absolute Gasteiger partial charge is 0.228 e. The van der Waals surface area contributed by atoms with E-state index < -0.39 is 17.0 Å². The fourth-order valence-corrected chi connectivity index (χ4v) is 3.76. The zero-order valence-electron chi connectivity index (χ0n) is 18.3. The summed E-state index contributed by atoms with van der Waals surface area (Å²) in [6, 6.07) is 0. The quantitative estimate of drug-likeness (QED) is 0.298. The van der Waals surface area contributed by atoms with Crippen molar-refractivity contribution >= 4 is 0 Å². The minimum atomic E-state index is -0.920. The molecule has 0 heterocycles. The van der Waals surface area contributed by atoms with Gasteiger partial charge in [0.15, 0.2) is 0 Å². The Kier molecular flexibility index (Phi) is 7.55. The molecular weight excluding hydrogens is 316 g/mol. The first-order valence-electron chi connectivity index (χ1n) is 9.96. The van der Waals surface area contributed by atoms with Crippen LogP contribution in [0.3, 0.4) is 0 Å². The first-order valence-corrected chi connectivity index (χ1v) is 9.96. The minimum Gasteiger partial charge on any atom is -0.228 e. The van der Waals surface area contributed by atoms with Gasteiger partial charge in [-0.05, 0) is 60.3 Å². The second-order valence-electron chi connectivity index (χ2n) is 10.5. The van der Waals surface area contributed by atoms with Crippen molar-refractivity contribution in [2.75, 3.05) is 0 Å². The van der Waals surface area contributed by atoms with Gasteiger partial charge in [0.25, 0.3) is 0 Å². The van der Waals surface area contributed by atoms with Gasteiger partial charge in [0, 0.05) is 11.3 Å². The van der Waals surface area contributed by atoms with E-state index in [1.807, 2.05) is 41.5 Å². The highest BCUT2D eigenvalue weighted by Gasteiger charge is 2.59. The van der Waals surface area contributed by atoms with Crippen molar-refractivity contribution in [2.45, 2.75) is 118 Å². The number of hydrogen-bond donors (Lipinski definition) is 0. The van der Waals surface area contributed by atoms with Crippen LogP contribution in [0.2, 0.25) is 0 Å². The summed E-state index contributed by atoms with van der Waals surface area (Å²) in [6.07, 6.45) is 5.88. The van der Waals surface area contributed by atoms with E-state index >= 15 is 0 Å². The molecule has 0 saturated heterocycles. The lowest BCUT2D eigenvalue weighted by Crippen LogP contribution is -2.59. The predicted molar refractivity (Wildman–Crippen MR) is 102 cm³/mol. The van der Waals surface area contributed by atoms with Crippen molar-refractivity contribution in [1.82, 2.24) is 0 Å². The Morgan fingerprint density at radius 2 is 1.40 bits per heavy atom. The average molecular weight is 359 g/mol. The van der Waals surface area contributed by atoms with E-state index in [0.29, 0.717) is 5.92 Å². The van der Waals surface area contributed by atoms with Crippen LogP contribution in [0.1, 0.15) is 101 Å². The molecule has 1 fully saturated rings. The maximum atomic E-state index is 6.06. The Morgan fingerprint density at radius 1 is 0.920 bits per heavy atom. The van der Waals surface area contributed by atoms with E-state index in [9.17, 15) is 0 Å². The van der Waals surface area contributed by atoms with Gasteiger partial charge in [-0.1, -0.05) is 47.0 Å². The molecule has 0 aliphatic heterocycles. The van der Waals surface area contributed by atoms with E-state index in [-0.39, 0.29) is 11.3 Å². The Morgan fingerprint density at radius 3 is 1.76 bits per heavy atom. The van der Waals surface area contributed by atoms with Crippen molar-refractivity contribution in [1.29, 1.82) is 0 Å². The molecule has 0 radical (unpaired) electrons. The predicted octanol–water partition coefficient (Wildman–Crippen LogP) is 6.44. The van der Waals surface area contributed by atoms with Gasteiger partial charge < -0.3 is 0 Å². The summed E-state index contributed by atoms with van der Waals surface area (Å²) < 4.78 is 0. The van der Waals surface area contributed by atoms with Crippen LogP contribution < -0.4 is 0 Å². The van der Waals surface area contributed by atoms with E-state index in [0.717, 1.165) is 12.8 Å². The Labute approximate surface area is 155 Å². The maximum Gasteiger partial charge on any atom is 0.241 e. The zero-order chi connectivity index (χ0) is 19.5. The van der Waals surface area contributed by atoms with Crippen LogP contribution in [0, 0.1) is 17.3 Å². The third-order valence-electron chi connectivity index (χ3n) is 4.87. The monoisotopic (exact) mass is 358 g/mol. The fraction of sp³-hybridized carbons (Fsp3) is 1.00. The Bertz CT molecular complexity index is 385. The maximum absolute atomic E-state index is 6.06. The molecule has 1 saturated carbocycles. The van der Waals surface area contributed by atoms with Gasteiger partial charge in [0.1, 0.15) is 0 Å². The van der Waals surface area contributed by atoms with Crippen molar-refractivity contribution in [2.24, 2.45) is 17.3 Å². The lowest BCUT2D eigenvalue weighted by Gasteiger charge is -2.53. The zero-order valence-corrected chi connectivity index (χ0v) is 18.3. The highest BCUT2D eigenvalue weighted by molar-refractivity contribution is 4.97. The van der Waals surface area contributed by atoms with Gasteiger partial charge >= 0.3 is 0 Å². The van der Waals surface area contributed by atoms with Gasteiger partial charge in [0.2, 0.25) is 5.79 Å². The first kappa shape index (κ1) is 22.9. The second-order valence-corrected chi connectivity index (χ2v) is 10.5. The van der Waals surface area contributed by atoms with Crippen LogP contribution in [-0.2, 0) is 19.6 Å². The highest BCUT2D eigenvalue weighted by Crippen LogP contribution is 2.54. The first-order chi connectivity index (χ1) is 11.2. The van der Waals surface area contributed by atoms with Gasteiger partial charge in [-0.25, -0.2) is 9.78 Å². The molecule has 0 amide bonds. The number of rotatable bonds is 7. The van der Waals surface area contributed by atoms with E-state index in [4.69, 9.17) is 19.6 Å². The third-order valence-corrected chi connectivity index (χ3v) is 4.87. The fourth-order valence-electron chi connectivity index (χ4n) is 3.76. The largest absolute Gasteiger partial charge is 0.241 e. The summed E-state index contributed by atoms with van der Waals surface area (Å²) >= 11 is 0. The van der Waals surface area contributed by atoms with Gasteiger partial charge in [0.05, 0.1) is 11.2 Å². The van der Waals surface area contributed by atoms with Crippen LogP contribution in [-0.4, -0.2) is 17.0 Å². The molecule has 2 atom stereocenters. The van der Waals surface area contributed by atoms with E-state index in [1.54, 1.807) is 0 Å². The molecule has 0 N–H and O–H groups in total. The molecule has 0 aromatic carbocycles. The van der Waals surface area contributed by atoms with Crippen LogP contribution >= 0.6 is 0 Å². The standard InChI is InChI=1S/C21H42O4/c1-11-12-13-17-14-16(2)21(20(9,10)15-17,24-22-18(3,4)5)25-23-19(6,7)8/h16-17H,11-15H2,1-10H3. The second kappa shape index (κ2) is 8.24. The Hall–Kier alpha value is -0.160. The number of hydrogen-bond acceptors (Lipinski definition) is 4. The molecule has 0 aromatic heterocycles. The Balaban J connectivity index is 3.05. The van der Waals surface area contributed by atoms with Crippen molar-refractivity contribution in [3.8, 4) is 0 Å². The van der Waals surface area contributed by atoms with Crippen LogP contribution in [0.5, 0.6) is 0 Å². The lowest BCUT2D eigenvalue weighted by molar-refractivity contribution is -0.576.